The molecule has 0 aliphatic heterocycles. The van der Waals surface area contributed by atoms with E-state index >= 15 is 0 Å². The topological polar surface area (TPSA) is 128 Å². The third-order valence-electron chi connectivity index (χ3n) is 6.11. The summed E-state index contributed by atoms with van der Waals surface area (Å²) in [5, 5.41) is 0. The van der Waals surface area contributed by atoms with Crippen molar-refractivity contribution in [2.75, 3.05) is 13.2 Å². The summed E-state index contributed by atoms with van der Waals surface area (Å²) in [6.45, 7) is 10.3. The van der Waals surface area contributed by atoms with Crippen molar-refractivity contribution in [3.8, 4) is 11.5 Å². The van der Waals surface area contributed by atoms with Crippen LogP contribution in [0.25, 0.3) is 0 Å². The summed E-state index contributed by atoms with van der Waals surface area (Å²) in [5.41, 5.74) is -2.23. The van der Waals surface area contributed by atoms with Crippen molar-refractivity contribution in [1.82, 2.24) is 0 Å². The number of hydrogen-bond donors (Lipinski definition) is 0. The highest BCUT2D eigenvalue weighted by molar-refractivity contribution is 7.97. The molecule has 0 saturated carbocycles. The summed E-state index contributed by atoms with van der Waals surface area (Å²) in [4.78, 5) is 27.0. The zero-order chi connectivity index (χ0) is 38.0. The standard InChI is InChI=1S/C30H35O6S.C7H5F3O3S/c1-29(2,3)35-27(31)20-33-22-17-18-26(25(19-22)34-21-28(32)36-30(4,5)6)37(23-13-9-7-10-14-23)24-15-11-8-12-16-24;8-7(9,10)5-1-3-6(4-2-5)14(11,12)13/h7-19H,20-21H2,1-6H3;1-4H,(H,11,12,13)/q+1;/p-1. The second kappa shape index (κ2) is 17.1. The molecule has 0 fully saturated rings. The normalized spacial score (nSPS) is 12.0. The first kappa shape index (κ1) is 40.9. The Kier molecular flexibility index (Phi) is 13.7. The van der Waals surface area contributed by atoms with Gasteiger partial charge in [-0.1, -0.05) is 36.4 Å². The third-order valence-corrected chi connectivity index (χ3v) is 9.22. The molecule has 0 saturated heterocycles. The molecule has 0 bridgehead atoms. The Morgan fingerprint density at radius 2 is 1.12 bits per heavy atom. The molecule has 0 aliphatic rings. The summed E-state index contributed by atoms with van der Waals surface area (Å²) in [5.74, 6) is -0.0407. The van der Waals surface area contributed by atoms with Crippen molar-refractivity contribution in [1.29, 1.82) is 0 Å². The van der Waals surface area contributed by atoms with E-state index in [2.05, 4.69) is 24.3 Å². The molecule has 51 heavy (non-hydrogen) atoms. The monoisotopic (exact) mass is 748 g/mol. The number of ether oxygens (including phenoxy) is 4. The lowest BCUT2D eigenvalue weighted by Gasteiger charge is -2.20. The quantitative estimate of drug-likeness (QED) is 0.0906. The van der Waals surface area contributed by atoms with E-state index in [9.17, 15) is 35.7 Å². The number of carbonyl (C=O) groups is 2. The van der Waals surface area contributed by atoms with Crippen LogP contribution in [0.4, 0.5) is 13.2 Å². The summed E-state index contributed by atoms with van der Waals surface area (Å²) in [6.07, 6.45) is -4.54. The Balaban J connectivity index is 0.000000419. The Morgan fingerprint density at radius 1 is 0.667 bits per heavy atom. The average molecular weight is 749 g/mol. The molecule has 0 atom stereocenters. The van der Waals surface area contributed by atoms with Gasteiger partial charge in [0, 0.05) is 12.1 Å². The van der Waals surface area contributed by atoms with Crippen LogP contribution in [0.3, 0.4) is 0 Å². The molecule has 0 N–H and O–H groups in total. The molecule has 0 aliphatic carbocycles. The van der Waals surface area contributed by atoms with Gasteiger partial charge in [-0.15, -0.1) is 0 Å². The molecule has 0 spiro atoms. The van der Waals surface area contributed by atoms with Gasteiger partial charge in [0.15, 0.2) is 28.8 Å². The van der Waals surface area contributed by atoms with Crippen molar-refractivity contribution in [3.63, 3.8) is 0 Å². The number of alkyl halides is 3. The summed E-state index contributed by atoms with van der Waals surface area (Å²) < 4.78 is 89.6. The molecule has 4 aromatic carbocycles. The number of carbonyl (C=O) groups excluding carboxylic acids is 2. The number of benzene rings is 4. The summed E-state index contributed by atoms with van der Waals surface area (Å²) in [7, 11) is -5.20. The van der Waals surface area contributed by atoms with Crippen molar-refractivity contribution >= 4 is 33.0 Å². The minimum Gasteiger partial charge on any atom is -0.744 e. The van der Waals surface area contributed by atoms with Gasteiger partial charge >= 0.3 is 18.1 Å². The summed E-state index contributed by atoms with van der Waals surface area (Å²) in [6, 6.07) is 28.0. The predicted molar refractivity (Wildman–Crippen MR) is 184 cm³/mol. The van der Waals surface area contributed by atoms with Crippen LogP contribution in [0.5, 0.6) is 11.5 Å². The first-order chi connectivity index (χ1) is 23.6. The molecule has 0 heterocycles. The fourth-order valence-corrected chi connectivity index (χ4v) is 6.83. The van der Waals surface area contributed by atoms with Gasteiger partial charge in [-0.05, 0) is 96.1 Å². The van der Waals surface area contributed by atoms with Crippen molar-refractivity contribution in [2.24, 2.45) is 0 Å². The lowest BCUT2D eigenvalue weighted by Crippen LogP contribution is -2.27. The molecule has 9 nitrogen and oxygen atoms in total. The van der Waals surface area contributed by atoms with E-state index < -0.39 is 60.8 Å². The molecule has 4 rings (SSSR count). The van der Waals surface area contributed by atoms with Gasteiger partial charge in [0.05, 0.1) is 10.5 Å². The average Bonchev–Trinajstić information content (AvgIpc) is 3.02. The summed E-state index contributed by atoms with van der Waals surface area (Å²) >= 11 is 0. The number of esters is 2. The molecule has 0 radical (unpaired) electrons. The van der Waals surface area contributed by atoms with Gasteiger partial charge in [-0.25, -0.2) is 18.0 Å². The van der Waals surface area contributed by atoms with Gasteiger partial charge in [0.1, 0.15) is 38.0 Å². The lowest BCUT2D eigenvalue weighted by molar-refractivity contribution is -0.158. The predicted octanol–water partition coefficient (Wildman–Crippen LogP) is 7.83. The van der Waals surface area contributed by atoms with Crippen LogP contribution in [-0.2, 0) is 46.3 Å². The highest BCUT2D eigenvalue weighted by Gasteiger charge is 2.33. The fourth-order valence-electron chi connectivity index (χ4n) is 4.19. The maximum absolute atomic E-state index is 12.4. The molecular weight excluding hydrogens is 710 g/mol. The van der Waals surface area contributed by atoms with E-state index in [0.717, 1.165) is 14.7 Å². The van der Waals surface area contributed by atoms with Crippen molar-refractivity contribution < 1.29 is 54.7 Å². The highest BCUT2D eigenvalue weighted by Crippen LogP contribution is 2.39. The second-order valence-corrected chi connectivity index (χ2v) is 16.1. The fraction of sp³-hybridized carbons (Fsp3) is 0.297. The molecule has 14 heteroatoms. The third kappa shape index (κ3) is 14.0. The van der Waals surface area contributed by atoms with E-state index in [1.807, 2.05) is 63.2 Å². The van der Waals surface area contributed by atoms with E-state index in [1.165, 1.54) is 0 Å². The smallest absolute Gasteiger partial charge is 0.416 e. The molecule has 0 amide bonds. The maximum Gasteiger partial charge on any atom is 0.416 e. The zero-order valence-corrected chi connectivity index (χ0v) is 30.5. The van der Waals surface area contributed by atoms with E-state index in [4.69, 9.17) is 18.9 Å². The van der Waals surface area contributed by atoms with Crippen molar-refractivity contribution in [2.45, 2.75) is 78.5 Å². The Hall–Kier alpha value is -4.53. The minimum atomic E-state index is -4.68. The van der Waals surface area contributed by atoms with Crippen molar-refractivity contribution in [3.05, 3.63) is 109 Å². The molecule has 0 aromatic heterocycles. The van der Waals surface area contributed by atoms with Gasteiger partial charge in [-0.3, -0.25) is 0 Å². The molecular formula is C37H39F3O9S2. The van der Waals surface area contributed by atoms with Crippen LogP contribution in [-0.4, -0.2) is 49.3 Å². The van der Waals surface area contributed by atoms with E-state index in [-0.39, 0.29) is 13.2 Å². The first-order valence-corrected chi connectivity index (χ1v) is 18.1. The van der Waals surface area contributed by atoms with Crippen LogP contribution in [0.1, 0.15) is 47.1 Å². The highest BCUT2D eigenvalue weighted by atomic mass is 32.2. The van der Waals surface area contributed by atoms with Crippen LogP contribution in [0.2, 0.25) is 0 Å². The Labute approximate surface area is 298 Å². The Bertz CT molecular complexity index is 1810. The van der Waals surface area contributed by atoms with Crippen LogP contribution >= 0.6 is 0 Å². The molecule has 4 aromatic rings. The second-order valence-electron chi connectivity index (χ2n) is 12.8. The number of hydrogen-bond acceptors (Lipinski definition) is 9. The first-order valence-electron chi connectivity index (χ1n) is 15.4. The zero-order valence-electron chi connectivity index (χ0n) is 28.9. The van der Waals surface area contributed by atoms with Gasteiger partial charge in [0.2, 0.25) is 4.90 Å². The van der Waals surface area contributed by atoms with E-state index in [0.29, 0.717) is 35.8 Å². The maximum atomic E-state index is 12.4. The molecule has 274 valence electrons. The van der Waals surface area contributed by atoms with Gasteiger partial charge in [0.25, 0.3) is 0 Å². The Morgan fingerprint density at radius 3 is 1.53 bits per heavy atom. The lowest BCUT2D eigenvalue weighted by atomic mass is 10.2. The number of rotatable bonds is 10. The number of halogens is 3. The van der Waals surface area contributed by atoms with E-state index in [1.54, 1.807) is 32.9 Å². The van der Waals surface area contributed by atoms with Gasteiger partial charge in [-0.2, -0.15) is 13.2 Å². The van der Waals surface area contributed by atoms with Gasteiger partial charge < -0.3 is 23.5 Å². The van der Waals surface area contributed by atoms with Crippen LogP contribution < -0.4 is 9.47 Å². The molecule has 0 unspecified atom stereocenters. The largest absolute Gasteiger partial charge is 0.744 e. The van der Waals surface area contributed by atoms with Crippen LogP contribution in [0, 0.1) is 0 Å². The minimum absolute atomic E-state index is 0.245. The van der Waals surface area contributed by atoms with Crippen LogP contribution in [0.15, 0.2) is 123 Å². The SMILES string of the molecule is CC(C)(C)OC(=O)COc1ccc([S+](c2ccccc2)c2ccccc2)c(OCC(=O)OC(C)(C)C)c1.O=S(=O)([O-])c1ccc(C(F)(F)F)cc1.